The van der Waals surface area contributed by atoms with Gasteiger partial charge in [-0.15, -0.1) is 0 Å². The summed E-state index contributed by atoms with van der Waals surface area (Å²) in [4.78, 5) is 24.4. The molecule has 0 spiro atoms. The lowest BCUT2D eigenvalue weighted by Gasteiger charge is -2.09. The molecule has 6 heteroatoms. The van der Waals surface area contributed by atoms with E-state index in [4.69, 9.17) is 16.3 Å². The van der Waals surface area contributed by atoms with Gasteiger partial charge in [-0.05, 0) is 66.1 Å². The number of hydrogen-bond donors (Lipinski definition) is 2. The number of anilines is 1. The highest BCUT2D eigenvalue weighted by atomic mass is 35.5. The second-order valence-electron chi connectivity index (χ2n) is 6.72. The molecule has 3 aromatic carbocycles. The van der Waals surface area contributed by atoms with E-state index >= 15 is 0 Å². The second-order valence-corrected chi connectivity index (χ2v) is 7.16. The maximum atomic E-state index is 12.4. The Balaban J connectivity index is 1.47. The quantitative estimate of drug-likeness (QED) is 0.545. The number of rotatable bonds is 8. The lowest BCUT2D eigenvalue weighted by molar-refractivity contribution is -0.123. The van der Waals surface area contributed by atoms with Gasteiger partial charge < -0.3 is 15.4 Å². The van der Waals surface area contributed by atoms with Gasteiger partial charge in [0.05, 0.1) is 0 Å². The second kappa shape index (κ2) is 10.5. The van der Waals surface area contributed by atoms with Gasteiger partial charge >= 0.3 is 0 Å². The normalized spacial score (nSPS) is 10.3. The standard InChI is InChI=1S/C24H23ClN2O3/c1-2-17-4-3-5-21(14-17)27-24(29)19-8-12-22(13-9-19)30-16-23(28)26-15-18-6-10-20(25)11-7-18/h3-14H,2,15-16H2,1H3,(H,26,28)(H,27,29). The first-order valence-electron chi connectivity index (χ1n) is 9.68. The molecule has 154 valence electrons. The summed E-state index contributed by atoms with van der Waals surface area (Å²) in [5.74, 6) is 0.0826. The first-order valence-corrected chi connectivity index (χ1v) is 10.1. The van der Waals surface area contributed by atoms with E-state index in [-0.39, 0.29) is 18.4 Å². The topological polar surface area (TPSA) is 67.4 Å². The molecule has 0 aromatic heterocycles. The molecule has 0 radical (unpaired) electrons. The first kappa shape index (κ1) is 21.4. The molecule has 0 atom stereocenters. The third-order valence-electron chi connectivity index (χ3n) is 4.48. The highest BCUT2D eigenvalue weighted by Crippen LogP contribution is 2.16. The highest BCUT2D eigenvalue weighted by molar-refractivity contribution is 6.30. The first-order chi connectivity index (χ1) is 14.5. The summed E-state index contributed by atoms with van der Waals surface area (Å²) < 4.78 is 5.49. The lowest BCUT2D eigenvalue weighted by Crippen LogP contribution is -2.28. The van der Waals surface area contributed by atoms with Crippen molar-refractivity contribution in [1.82, 2.24) is 5.32 Å². The van der Waals surface area contributed by atoms with Crippen molar-refractivity contribution in [2.45, 2.75) is 19.9 Å². The maximum absolute atomic E-state index is 12.4. The number of carbonyl (C=O) groups excluding carboxylic acids is 2. The predicted octanol–water partition coefficient (Wildman–Crippen LogP) is 4.85. The Morgan fingerprint density at radius 3 is 2.37 bits per heavy atom. The molecule has 0 aliphatic carbocycles. The molecular weight excluding hydrogens is 400 g/mol. The fourth-order valence-corrected chi connectivity index (χ4v) is 2.90. The van der Waals surface area contributed by atoms with Gasteiger partial charge in [0.15, 0.2) is 6.61 Å². The van der Waals surface area contributed by atoms with Crippen LogP contribution in [0.3, 0.4) is 0 Å². The third-order valence-corrected chi connectivity index (χ3v) is 4.73. The summed E-state index contributed by atoms with van der Waals surface area (Å²) in [5, 5.41) is 6.32. The minimum atomic E-state index is -0.234. The minimum Gasteiger partial charge on any atom is -0.484 e. The van der Waals surface area contributed by atoms with Gasteiger partial charge in [-0.25, -0.2) is 0 Å². The van der Waals surface area contributed by atoms with Gasteiger partial charge in [0.25, 0.3) is 11.8 Å². The summed E-state index contributed by atoms with van der Waals surface area (Å²) in [6.07, 6.45) is 0.906. The average molecular weight is 423 g/mol. The number of aryl methyl sites for hydroxylation is 1. The molecule has 0 saturated carbocycles. The van der Waals surface area contributed by atoms with Crippen molar-refractivity contribution < 1.29 is 14.3 Å². The summed E-state index contributed by atoms with van der Waals surface area (Å²) >= 11 is 5.84. The van der Waals surface area contributed by atoms with Crippen LogP contribution in [0.5, 0.6) is 5.75 Å². The van der Waals surface area contributed by atoms with Gasteiger partial charge in [0.2, 0.25) is 0 Å². The van der Waals surface area contributed by atoms with Gasteiger partial charge in [-0.2, -0.15) is 0 Å². The number of nitrogens with one attached hydrogen (secondary N) is 2. The van der Waals surface area contributed by atoms with Gasteiger partial charge in [-0.3, -0.25) is 9.59 Å². The predicted molar refractivity (Wildman–Crippen MR) is 119 cm³/mol. The zero-order chi connectivity index (χ0) is 21.3. The van der Waals surface area contributed by atoms with E-state index in [2.05, 4.69) is 17.6 Å². The SMILES string of the molecule is CCc1cccc(NC(=O)c2ccc(OCC(=O)NCc3ccc(Cl)cc3)cc2)c1. The van der Waals surface area contributed by atoms with Crippen LogP contribution < -0.4 is 15.4 Å². The van der Waals surface area contributed by atoms with Crippen molar-refractivity contribution in [1.29, 1.82) is 0 Å². The minimum absolute atomic E-state index is 0.108. The number of carbonyl (C=O) groups is 2. The van der Waals surface area contributed by atoms with Crippen LogP contribution in [0.1, 0.15) is 28.4 Å². The zero-order valence-electron chi connectivity index (χ0n) is 16.7. The monoisotopic (exact) mass is 422 g/mol. The van der Waals surface area contributed by atoms with E-state index in [0.717, 1.165) is 23.2 Å². The lowest BCUT2D eigenvalue weighted by atomic mass is 10.1. The van der Waals surface area contributed by atoms with Gasteiger partial charge in [0, 0.05) is 22.8 Å². The molecule has 0 unspecified atom stereocenters. The number of amides is 2. The fraction of sp³-hybridized carbons (Fsp3) is 0.167. The van der Waals surface area contributed by atoms with Crippen LogP contribution in [-0.2, 0) is 17.8 Å². The van der Waals surface area contributed by atoms with Crippen LogP contribution in [0.2, 0.25) is 5.02 Å². The molecular formula is C24H23ClN2O3. The van der Waals surface area contributed by atoms with E-state index in [0.29, 0.717) is 22.9 Å². The Kier molecular flexibility index (Phi) is 7.46. The molecule has 0 aliphatic rings. The van der Waals surface area contributed by atoms with Gasteiger partial charge in [0.1, 0.15) is 5.75 Å². The third kappa shape index (κ3) is 6.36. The van der Waals surface area contributed by atoms with E-state index in [1.165, 1.54) is 0 Å². The zero-order valence-corrected chi connectivity index (χ0v) is 17.4. The molecule has 0 saturated heterocycles. The fourth-order valence-electron chi connectivity index (χ4n) is 2.78. The molecule has 3 aromatic rings. The average Bonchev–Trinajstić information content (AvgIpc) is 2.77. The highest BCUT2D eigenvalue weighted by Gasteiger charge is 2.08. The largest absolute Gasteiger partial charge is 0.484 e. The molecule has 30 heavy (non-hydrogen) atoms. The Labute approximate surface area is 181 Å². The summed E-state index contributed by atoms with van der Waals surface area (Å²) in [6.45, 7) is 2.36. The molecule has 0 fully saturated rings. The van der Waals surface area contributed by atoms with E-state index in [1.807, 2.05) is 36.4 Å². The molecule has 0 aliphatic heterocycles. The Morgan fingerprint density at radius 1 is 0.933 bits per heavy atom. The number of benzene rings is 3. The van der Waals surface area contributed by atoms with Crippen molar-refractivity contribution >= 4 is 29.1 Å². The van der Waals surface area contributed by atoms with E-state index in [9.17, 15) is 9.59 Å². The summed E-state index contributed by atoms with van der Waals surface area (Å²) in [6, 6.07) is 21.7. The van der Waals surface area contributed by atoms with Crippen molar-refractivity contribution in [3.8, 4) is 5.75 Å². The van der Waals surface area contributed by atoms with Crippen LogP contribution in [-0.4, -0.2) is 18.4 Å². The number of halogens is 1. The van der Waals surface area contributed by atoms with E-state index in [1.54, 1.807) is 36.4 Å². The summed E-state index contributed by atoms with van der Waals surface area (Å²) in [7, 11) is 0. The smallest absolute Gasteiger partial charge is 0.258 e. The molecule has 5 nitrogen and oxygen atoms in total. The van der Waals surface area contributed by atoms with Crippen molar-refractivity contribution in [2.24, 2.45) is 0 Å². The van der Waals surface area contributed by atoms with Crippen LogP contribution in [0, 0.1) is 0 Å². The van der Waals surface area contributed by atoms with Crippen molar-refractivity contribution in [3.63, 3.8) is 0 Å². The van der Waals surface area contributed by atoms with E-state index < -0.39 is 0 Å². The number of hydrogen-bond acceptors (Lipinski definition) is 3. The van der Waals surface area contributed by atoms with Crippen LogP contribution >= 0.6 is 11.6 Å². The van der Waals surface area contributed by atoms with Crippen LogP contribution in [0.15, 0.2) is 72.8 Å². The van der Waals surface area contributed by atoms with Crippen LogP contribution in [0.4, 0.5) is 5.69 Å². The summed E-state index contributed by atoms with van der Waals surface area (Å²) in [5.41, 5.74) is 3.38. The molecule has 2 amide bonds. The van der Waals surface area contributed by atoms with Gasteiger partial charge in [-0.1, -0.05) is 42.8 Å². The Bertz CT molecular complexity index is 1000. The van der Waals surface area contributed by atoms with Crippen molar-refractivity contribution in [3.05, 3.63) is 94.5 Å². The number of ether oxygens (including phenoxy) is 1. The van der Waals surface area contributed by atoms with Crippen molar-refractivity contribution in [2.75, 3.05) is 11.9 Å². The molecule has 0 bridgehead atoms. The molecule has 3 rings (SSSR count). The Morgan fingerprint density at radius 2 is 1.67 bits per heavy atom. The maximum Gasteiger partial charge on any atom is 0.258 e. The van der Waals surface area contributed by atoms with Crippen LogP contribution in [0.25, 0.3) is 0 Å². The molecule has 2 N–H and O–H groups in total. The Hall–Kier alpha value is -3.31. The molecule has 0 heterocycles.